The molecule has 0 amide bonds. The van der Waals surface area contributed by atoms with Crippen LogP contribution in [0.5, 0.6) is 0 Å². The van der Waals surface area contributed by atoms with Crippen LogP contribution in [-0.2, 0) is 17.7 Å². The Balaban J connectivity index is 1.72. The van der Waals surface area contributed by atoms with Crippen molar-refractivity contribution in [2.45, 2.75) is 70.7 Å². The molecule has 3 heterocycles. The lowest BCUT2D eigenvalue weighted by Gasteiger charge is -2.21. The fourth-order valence-corrected chi connectivity index (χ4v) is 3.17. The Morgan fingerprint density at radius 1 is 1.32 bits per heavy atom. The molecule has 2 aliphatic rings. The molecule has 1 aromatic rings. The molecule has 2 aliphatic heterocycles. The molecular formula is C14H24N4O. The highest BCUT2D eigenvalue weighted by Gasteiger charge is 2.27. The molecule has 0 spiro atoms. The molecule has 0 bridgehead atoms. The number of aromatic nitrogens is 3. The van der Waals surface area contributed by atoms with E-state index in [0.717, 1.165) is 37.6 Å². The van der Waals surface area contributed by atoms with Crippen LogP contribution in [0.25, 0.3) is 0 Å². The van der Waals surface area contributed by atoms with E-state index in [9.17, 15) is 0 Å². The molecule has 5 nitrogen and oxygen atoms in total. The van der Waals surface area contributed by atoms with Gasteiger partial charge in [-0.15, -0.1) is 10.2 Å². The molecule has 3 atom stereocenters. The quantitative estimate of drug-likeness (QED) is 0.905. The molecule has 3 unspecified atom stereocenters. The first kappa shape index (κ1) is 13.1. The predicted molar refractivity (Wildman–Crippen MR) is 72.9 cm³/mol. The SMILES string of the molecule is CC(NC1CCOC1C)c1nnc2n1CCCCC2. The van der Waals surface area contributed by atoms with Gasteiger partial charge in [-0.2, -0.15) is 0 Å². The van der Waals surface area contributed by atoms with Crippen LogP contribution in [0.1, 0.15) is 57.2 Å². The summed E-state index contributed by atoms with van der Waals surface area (Å²) in [5.41, 5.74) is 0. The van der Waals surface area contributed by atoms with Crippen molar-refractivity contribution < 1.29 is 4.74 Å². The lowest BCUT2D eigenvalue weighted by atomic mass is 10.1. The van der Waals surface area contributed by atoms with Gasteiger partial charge in [0.2, 0.25) is 0 Å². The Morgan fingerprint density at radius 2 is 2.21 bits per heavy atom. The maximum absolute atomic E-state index is 5.61. The minimum Gasteiger partial charge on any atom is -0.377 e. The van der Waals surface area contributed by atoms with Crippen molar-refractivity contribution in [1.82, 2.24) is 20.1 Å². The van der Waals surface area contributed by atoms with Crippen molar-refractivity contribution >= 4 is 0 Å². The summed E-state index contributed by atoms with van der Waals surface area (Å²) in [6.45, 7) is 6.26. The first-order valence-corrected chi connectivity index (χ1v) is 7.55. The summed E-state index contributed by atoms with van der Waals surface area (Å²) in [5, 5.41) is 12.4. The molecule has 0 aromatic carbocycles. The molecule has 1 fully saturated rings. The zero-order valence-electron chi connectivity index (χ0n) is 11.9. The Labute approximate surface area is 114 Å². The highest BCUT2D eigenvalue weighted by molar-refractivity contribution is 5.03. The normalized spacial score (nSPS) is 28.9. The molecule has 5 heteroatoms. The average Bonchev–Trinajstić information content (AvgIpc) is 2.90. The summed E-state index contributed by atoms with van der Waals surface area (Å²) in [5.74, 6) is 2.26. The monoisotopic (exact) mass is 264 g/mol. The van der Waals surface area contributed by atoms with Gasteiger partial charge in [-0.05, 0) is 33.1 Å². The topological polar surface area (TPSA) is 52.0 Å². The summed E-state index contributed by atoms with van der Waals surface area (Å²) in [4.78, 5) is 0. The van der Waals surface area contributed by atoms with E-state index >= 15 is 0 Å². The van der Waals surface area contributed by atoms with Crippen LogP contribution in [0, 0.1) is 0 Å². The maximum atomic E-state index is 5.61. The first-order chi connectivity index (χ1) is 9.25. The largest absolute Gasteiger partial charge is 0.377 e. The van der Waals surface area contributed by atoms with Crippen molar-refractivity contribution in [3.8, 4) is 0 Å². The van der Waals surface area contributed by atoms with Gasteiger partial charge in [0.15, 0.2) is 0 Å². The van der Waals surface area contributed by atoms with E-state index < -0.39 is 0 Å². The molecule has 1 aromatic heterocycles. The Kier molecular flexibility index (Phi) is 3.84. The number of nitrogens with zero attached hydrogens (tertiary/aromatic N) is 3. The number of hydrogen-bond acceptors (Lipinski definition) is 4. The molecule has 19 heavy (non-hydrogen) atoms. The minimum atomic E-state index is 0.244. The number of rotatable bonds is 3. The molecule has 1 N–H and O–H groups in total. The second-order valence-corrected chi connectivity index (χ2v) is 5.80. The zero-order chi connectivity index (χ0) is 13.2. The second kappa shape index (κ2) is 5.59. The second-order valence-electron chi connectivity index (χ2n) is 5.80. The van der Waals surface area contributed by atoms with Gasteiger partial charge in [0.25, 0.3) is 0 Å². The summed E-state index contributed by atoms with van der Waals surface area (Å²) >= 11 is 0. The van der Waals surface area contributed by atoms with Crippen molar-refractivity contribution in [3.63, 3.8) is 0 Å². The number of ether oxygens (including phenoxy) is 1. The van der Waals surface area contributed by atoms with Crippen LogP contribution in [0.3, 0.4) is 0 Å². The van der Waals surface area contributed by atoms with E-state index in [-0.39, 0.29) is 6.04 Å². The minimum absolute atomic E-state index is 0.244. The van der Waals surface area contributed by atoms with Gasteiger partial charge in [0.1, 0.15) is 11.6 Å². The van der Waals surface area contributed by atoms with Crippen LogP contribution in [-0.4, -0.2) is 33.5 Å². The zero-order valence-corrected chi connectivity index (χ0v) is 11.9. The third-order valence-corrected chi connectivity index (χ3v) is 4.37. The first-order valence-electron chi connectivity index (χ1n) is 7.55. The molecule has 106 valence electrons. The van der Waals surface area contributed by atoms with E-state index in [1.807, 2.05) is 0 Å². The van der Waals surface area contributed by atoms with Gasteiger partial charge in [-0.1, -0.05) is 6.42 Å². The third kappa shape index (κ3) is 2.67. The highest BCUT2D eigenvalue weighted by atomic mass is 16.5. The summed E-state index contributed by atoms with van der Waals surface area (Å²) in [6, 6.07) is 0.683. The third-order valence-electron chi connectivity index (χ3n) is 4.37. The molecular weight excluding hydrogens is 240 g/mol. The van der Waals surface area contributed by atoms with Crippen molar-refractivity contribution in [1.29, 1.82) is 0 Å². The summed E-state index contributed by atoms with van der Waals surface area (Å²) in [7, 11) is 0. The fraction of sp³-hybridized carbons (Fsp3) is 0.857. The standard InChI is InChI=1S/C14H24N4O/c1-10(15-12-7-9-19-11(12)2)14-17-16-13-6-4-3-5-8-18(13)14/h10-12,15H,3-9H2,1-2H3. The Hall–Kier alpha value is -0.940. The van der Waals surface area contributed by atoms with Crippen LogP contribution in [0.4, 0.5) is 0 Å². The smallest absolute Gasteiger partial charge is 0.149 e. The number of fused-ring (bicyclic) bond motifs is 1. The number of nitrogens with one attached hydrogen (secondary N) is 1. The lowest BCUT2D eigenvalue weighted by molar-refractivity contribution is 0.111. The van der Waals surface area contributed by atoms with E-state index in [0.29, 0.717) is 12.1 Å². The predicted octanol–water partition coefficient (Wildman–Crippen LogP) is 1.83. The average molecular weight is 264 g/mol. The molecule has 0 aliphatic carbocycles. The van der Waals surface area contributed by atoms with E-state index in [1.54, 1.807) is 0 Å². The Morgan fingerprint density at radius 3 is 3.00 bits per heavy atom. The van der Waals surface area contributed by atoms with E-state index in [1.165, 1.54) is 19.3 Å². The van der Waals surface area contributed by atoms with Gasteiger partial charge in [0, 0.05) is 25.6 Å². The molecule has 3 rings (SSSR count). The van der Waals surface area contributed by atoms with Gasteiger partial charge in [-0.3, -0.25) is 0 Å². The van der Waals surface area contributed by atoms with Crippen molar-refractivity contribution in [2.24, 2.45) is 0 Å². The van der Waals surface area contributed by atoms with Crippen LogP contribution < -0.4 is 5.32 Å². The molecule has 1 saturated heterocycles. The van der Waals surface area contributed by atoms with E-state index in [4.69, 9.17) is 4.74 Å². The van der Waals surface area contributed by atoms with Gasteiger partial charge < -0.3 is 14.6 Å². The fourth-order valence-electron chi connectivity index (χ4n) is 3.17. The van der Waals surface area contributed by atoms with Crippen molar-refractivity contribution in [2.75, 3.05) is 6.61 Å². The van der Waals surface area contributed by atoms with E-state index in [2.05, 4.69) is 33.9 Å². The van der Waals surface area contributed by atoms with Gasteiger partial charge in [-0.25, -0.2) is 0 Å². The highest BCUT2D eigenvalue weighted by Crippen LogP contribution is 2.21. The van der Waals surface area contributed by atoms with Crippen LogP contribution in [0.2, 0.25) is 0 Å². The van der Waals surface area contributed by atoms with Crippen LogP contribution in [0.15, 0.2) is 0 Å². The maximum Gasteiger partial charge on any atom is 0.149 e. The van der Waals surface area contributed by atoms with Crippen molar-refractivity contribution in [3.05, 3.63) is 11.6 Å². The van der Waals surface area contributed by atoms with Gasteiger partial charge >= 0.3 is 0 Å². The Bertz CT molecular complexity index is 431. The lowest BCUT2D eigenvalue weighted by Crippen LogP contribution is -2.37. The molecule has 0 saturated carbocycles. The summed E-state index contributed by atoms with van der Waals surface area (Å²) in [6.07, 6.45) is 6.25. The van der Waals surface area contributed by atoms with Gasteiger partial charge in [0.05, 0.1) is 12.1 Å². The number of aryl methyl sites for hydroxylation is 1. The number of hydrogen-bond donors (Lipinski definition) is 1. The van der Waals surface area contributed by atoms with Crippen LogP contribution >= 0.6 is 0 Å². The summed E-state index contributed by atoms with van der Waals surface area (Å²) < 4.78 is 7.94. The molecule has 0 radical (unpaired) electrons.